The highest BCUT2D eigenvalue weighted by Gasteiger charge is 2.48. The normalized spacial score (nSPS) is 25.9. The lowest BCUT2D eigenvalue weighted by Gasteiger charge is -2.20. The fourth-order valence-corrected chi connectivity index (χ4v) is 5.34. The van der Waals surface area contributed by atoms with Crippen molar-refractivity contribution in [2.75, 3.05) is 13.6 Å². The zero-order valence-electron chi connectivity index (χ0n) is 13.2. The number of likely N-dealkylation sites (N-methyl/N-ethyl adjacent to an activating group) is 1. The molecule has 1 aromatic carbocycles. The van der Waals surface area contributed by atoms with Crippen LogP contribution in [-0.2, 0) is 14.6 Å². The number of sulfone groups is 1. The van der Waals surface area contributed by atoms with Gasteiger partial charge in [-0.25, -0.2) is 8.42 Å². The van der Waals surface area contributed by atoms with Crippen LogP contribution in [-0.4, -0.2) is 49.6 Å². The Hall–Kier alpha value is -1.62. The van der Waals surface area contributed by atoms with E-state index in [-0.39, 0.29) is 28.8 Å². The van der Waals surface area contributed by atoms with E-state index in [1.807, 2.05) is 0 Å². The van der Waals surface area contributed by atoms with E-state index in [0.717, 1.165) is 0 Å². The molecule has 24 heavy (non-hydrogen) atoms. The van der Waals surface area contributed by atoms with Crippen molar-refractivity contribution in [2.24, 2.45) is 0 Å². The maximum Gasteiger partial charge on any atom is 0.238 e. The number of nitriles is 1. The van der Waals surface area contributed by atoms with Crippen molar-refractivity contribution in [1.29, 1.82) is 5.26 Å². The topological polar surface area (TPSA) is 90.3 Å². The van der Waals surface area contributed by atoms with E-state index >= 15 is 0 Å². The third-order valence-corrected chi connectivity index (χ3v) is 7.35. The van der Waals surface area contributed by atoms with E-state index in [1.165, 1.54) is 6.07 Å². The first-order valence-corrected chi connectivity index (χ1v) is 9.63. The molecule has 2 unspecified atom stereocenters. The molecule has 2 fully saturated rings. The minimum atomic E-state index is -3.62. The maximum atomic E-state index is 12.8. The lowest BCUT2D eigenvalue weighted by molar-refractivity contribution is -0.125. The van der Waals surface area contributed by atoms with Gasteiger partial charge in [0.25, 0.3) is 0 Å². The molecule has 1 aromatic rings. The zero-order chi connectivity index (χ0) is 17.5. The minimum absolute atomic E-state index is 0.0989. The number of halogens is 1. The number of amides is 1. The first-order valence-electron chi connectivity index (χ1n) is 7.71. The molecule has 6 nitrogen and oxygen atoms in total. The maximum absolute atomic E-state index is 12.8. The lowest BCUT2D eigenvalue weighted by atomic mass is 10.2. The molecule has 1 amide bonds. The summed E-state index contributed by atoms with van der Waals surface area (Å²) in [5.74, 6) is -0.284. The van der Waals surface area contributed by atoms with Gasteiger partial charge in [0, 0.05) is 6.54 Å². The number of likely N-dealkylation sites (tertiary alicyclic amines) is 1. The van der Waals surface area contributed by atoms with Crippen molar-refractivity contribution in [3.63, 3.8) is 0 Å². The average Bonchev–Trinajstić information content (AvgIpc) is 3.19. The Balaban J connectivity index is 1.77. The second-order valence-electron chi connectivity index (χ2n) is 6.47. The summed E-state index contributed by atoms with van der Waals surface area (Å²) in [4.78, 5) is 14.2. The van der Waals surface area contributed by atoms with Gasteiger partial charge in [-0.2, -0.15) is 5.26 Å². The molecule has 2 aliphatic rings. The molecule has 0 spiro atoms. The molecule has 1 saturated heterocycles. The quantitative estimate of drug-likeness (QED) is 0.867. The summed E-state index contributed by atoms with van der Waals surface area (Å²) in [5.41, 5.74) is -0.752. The summed E-state index contributed by atoms with van der Waals surface area (Å²) in [5, 5.41) is 11.3. The van der Waals surface area contributed by atoms with E-state index in [1.54, 1.807) is 30.1 Å². The number of hydrogen-bond acceptors (Lipinski definition) is 5. The molecule has 0 radical (unpaired) electrons. The predicted octanol–water partition coefficient (Wildman–Crippen LogP) is 1.36. The molecule has 0 aromatic heterocycles. The predicted molar refractivity (Wildman–Crippen MR) is 89.2 cm³/mol. The van der Waals surface area contributed by atoms with Gasteiger partial charge in [0.1, 0.15) is 5.54 Å². The molecule has 128 valence electrons. The third-order valence-electron chi connectivity index (χ3n) is 4.72. The summed E-state index contributed by atoms with van der Waals surface area (Å²) in [6, 6.07) is 7.89. The summed E-state index contributed by atoms with van der Waals surface area (Å²) in [6.45, 7) is 0.255. The minimum Gasteiger partial charge on any atom is -0.336 e. The van der Waals surface area contributed by atoms with E-state index in [4.69, 9.17) is 16.9 Å². The Kier molecular flexibility index (Phi) is 4.32. The standard InChI is InChI=1S/C16H18ClN3O3S/c1-20-9-11(24(22,23)14-5-3-2-4-12(14)17)8-13(20)15(21)19-16(10-18)6-7-16/h2-5,11,13H,6-9H2,1H3,(H,19,21). The van der Waals surface area contributed by atoms with Crippen molar-refractivity contribution >= 4 is 27.3 Å². The molecular weight excluding hydrogens is 350 g/mol. The van der Waals surface area contributed by atoms with Gasteiger partial charge in [-0.3, -0.25) is 9.69 Å². The van der Waals surface area contributed by atoms with Crippen molar-refractivity contribution < 1.29 is 13.2 Å². The van der Waals surface area contributed by atoms with Gasteiger partial charge in [0.15, 0.2) is 9.84 Å². The largest absolute Gasteiger partial charge is 0.336 e. The van der Waals surface area contributed by atoms with Crippen LogP contribution in [0, 0.1) is 11.3 Å². The van der Waals surface area contributed by atoms with Gasteiger partial charge < -0.3 is 5.32 Å². The number of nitrogens with one attached hydrogen (secondary N) is 1. The molecule has 1 aliphatic carbocycles. The van der Waals surface area contributed by atoms with Crippen LogP contribution in [0.1, 0.15) is 19.3 Å². The Morgan fingerprint density at radius 2 is 2.08 bits per heavy atom. The first-order chi connectivity index (χ1) is 11.3. The fourth-order valence-electron chi connectivity index (χ4n) is 3.05. The number of nitrogens with zero attached hydrogens (tertiary/aromatic N) is 2. The molecule has 2 atom stereocenters. The Morgan fingerprint density at radius 1 is 1.42 bits per heavy atom. The van der Waals surface area contributed by atoms with Crippen LogP contribution in [0.15, 0.2) is 29.2 Å². The Labute approximate surface area is 146 Å². The summed E-state index contributed by atoms with van der Waals surface area (Å²) in [7, 11) is -1.90. The zero-order valence-corrected chi connectivity index (χ0v) is 14.8. The summed E-state index contributed by atoms with van der Waals surface area (Å²) >= 11 is 6.03. The van der Waals surface area contributed by atoms with Crippen LogP contribution in [0.25, 0.3) is 0 Å². The van der Waals surface area contributed by atoms with Gasteiger partial charge in [-0.15, -0.1) is 0 Å². The SMILES string of the molecule is CN1CC(S(=O)(=O)c2ccccc2Cl)CC1C(=O)NC1(C#N)CC1. The molecule has 8 heteroatoms. The van der Waals surface area contributed by atoms with Gasteiger partial charge in [-0.1, -0.05) is 23.7 Å². The second kappa shape index (κ2) is 6.03. The number of rotatable bonds is 4. The molecule has 1 N–H and O–H groups in total. The third kappa shape index (κ3) is 3.02. The van der Waals surface area contributed by atoms with Crippen molar-refractivity contribution in [1.82, 2.24) is 10.2 Å². The number of hydrogen-bond donors (Lipinski definition) is 1. The van der Waals surface area contributed by atoms with Gasteiger partial charge in [-0.05, 0) is 38.4 Å². The highest BCUT2D eigenvalue weighted by molar-refractivity contribution is 7.92. The Morgan fingerprint density at radius 3 is 2.67 bits per heavy atom. The van der Waals surface area contributed by atoms with Crippen LogP contribution in [0.5, 0.6) is 0 Å². The average molecular weight is 368 g/mol. The highest BCUT2D eigenvalue weighted by atomic mass is 35.5. The van der Waals surface area contributed by atoms with Crippen molar-refractivity contribution in [3.8, 4) is 6.07 Å². The van der Waals surface area contributed by atoms with Gasteiger partial charge in [0.2, 0.25) is 5.91 Å². The summed E-state index contributed by atoms with van der Waals surface area (Å²) in [6.07, 6.45) is 1.48. The van der Waals surface area contributed by atoms with Crippen LogP contribution in [0.2, 0.25) is 5.02 Å². The van der Waals surface area contributed by atoms with Gasteiger partial charge in [0.05, 0.1) is 27.3 Å². The highest BCUT2D eigenvalue weighted by Crippen LogP contribution is 2.36. The molecule has 3 rings (SSSR count). The van der Waals surface area contributed by atoms with Crippen LogP contribution in [0.3, 0.4) is 0 Å². The van der Waals surface area contributed by atoms with E-state index in [0.29, 0.717) is 12.8 Å². The van der Waals surface area contributed by atoms with E-state index < -0.39 is 26.7 Å². The van der Waals surface area contributed by atoms with E-state index in [9.17, 15) is 13.2 Å². The number of carbonyl (C=O) groups excluding carboxylic acids is 1. The monoisotopic (exact) mass is 367 g/mol. The first kappa shape index (κ1) is 17.2. The van der Waals surface area contributed by atoms with Crippen molar-refractivity contribution in [2.45, 2.75) is 41.0 Å². The number of benzene rings is 1. The van der Waals surface area contributed by atoms with Crippen LogP contribution in [0.4, 0.5) is 0 Å². The van der Waals surface area contributed by atoms with Crippen LogP contribution >= 0.6 is 11.6 Å². The molecule has 0 bridgehead atoms. The van der Waals surface area contributed by atoms with Crippen LogP contribution < -0.4 is 5.32 Å². The molecular formula is C16H18ClN3O3S. The Bertz CT molecular complexity index is 814. The molecule has 1 saturated carbocycles. The molecule has 1 heterocycles. The van der Waals surface area contributed by atoms with Crippen molar-refractivity contribution in [3.05, 3.63) is 29.3 Å². The fraction of sp³-hybridized carbons (Fsp3) is 0.500. The number of carbonyl (C=O) groups is 1. The summed E-state index contributed by atoms with van der Waals surface area (Å²) < 4.78 is 25.7. The van der Waals surface area contributed by atoms with E-state index in [2.05, 4.69) is 11.4 Å². The molecule has 1 aliphatic heterocycles. The lowest BCUT2D eigenvalue weighted by Crippen LogP contribution is -2.46. The van der Waals surface area contributed by atoms with Gasteiger partial charge >= 0.3 is 0 Å². The smallest absolute Gasteiger partial charge is 0.238 e. The second-order valence-corrected chi connectivity index (χ2v) is 9.08.